The molecule has 1 aromatic rings. The van der Waals surface area contributed by atoms with E-state index in [1.165, 1.54) is 11.1 Å². The zero-order chi connectivity index (χ0) is 12.6. The van der Waals surface area contributed by atoms with E-state index in [4.69, 9.17) is 4.74 Å². The molecule has 1 heterocycles. The van der Waals surface area contributed by atoms with Crippen molar-refractivity contribution in [1.29, 1.82) is 0 Å². The smallest absolute Gasteiger partial charge is 0.0596 e. The second-order valence-corrected chi connectivity index (χ2v) is 6.28. The van der Waals surface area contributed by atoms with Crippen LogP contribution in [-0.2, 0) is 4.74 Å². The number of rotatable bonds is 2. The van der Waals surface area contributed by atoms with Gasteiger partial charge in [-0.25, -0.2) is 0 Å². The lowest BCUT2D eigenvalue weighted by Crippen LogP contribution is -2.21. The normalized spacial score (nSPS) is 34.9. The second-order valence-electron chi connectivity index (χ2n) is 5.30. The quantitative estimate of drug-likeness (QED) is 0.731. The van der Waals surface area contributed by atoms with Gasteiger partial charge in [0.2, 0.25) is 0 Å². The average Bonchev–Trinajstić information content (AvgIpc) is 2.53. The minimum absolute atomic E-state index is 0.325. The van der Waals surface area contributed by atoms with Crippen molar-refractivity contribution < 1.29 is 4.74 Å². The molecule has 1 nitrogen and oxygen atoms in total. The number of benzene rings is 1. The van der Waals surface area contributed by atoms with Crippen LogP contribution in [0.1, 0.15) is 36.7 Å². The summed E-state index contributed by atoms with van der Waals surface area (Å²) in [5, 5.41) is 0. The first-order chi connectivity index (χ1) is 8.00. The van der Waals surface area contributed by atoms with Gasteiger partial charge in [0.15, 0.2) is 0 Å². The van der Waals surface area contributed by atoms with Crippen LogP contribution in [0.5, 0.6) is 0 Å². The zero-order valence-electron chi connectivity index (χ0n) is 11.0. The van der Waals surface area contributed by atoms with Gasteiger partial charge in [0.1, 0.15) is 0 Å². The van der Waals surface area contributed by atoms with Crippen molar-refractivity contribution in [2.24, 2.45) is 11.8 Å². The summed E-state index contributed by atoms with van der Waals surface area (Å²) in [5.41, 5.74) is 2.67. The Morgan fingerprint density at radius 1 is 1.06 bits per heavy atom. The molecule has 0 radical (unpaired) electrons. The number of hydrogen-bond donors (Lipinski definition) is 0. The van der Waals surface area contributed by atoms with E-state index in [1.54, 1.807) is 0 Å². The molecule has 1 aromatic carbocycles. The number of hydrogen-bond acceptors (Lipinski definition) is 1. The molecule has 1 aliphatic rings. The number of alkyl halides is 1. The molecule has 1 saturated heterocycles. The molecule has 17 heavy (non-hydrogen) atoms. The maximum Gasteiger partial charge on any atom is 0.0596 e. The van der Waals surface area contributed by atoms with Gasteiger partial charge in [-0.05, 0) is 32.3 Å². The summed E-state index contributed by atoms with van der Waals surface area (Å²) in [4.78, 5) is 0.387. The Kier molecular flexibility index (Phi) is 3.94. The van der Waals surface area contributed by atoms with Gasteiger partial charge in [-0.3, -0.25) is 0 Å². The van der Waals surface area contributed by atoms with Gasteiger partial charge in [0, 0.05) is 10.7 Å². The molecule has 0 spiro atoms. The van der Waals surface area contributed by atoms with Gasteiger partial charge in [-0.1, -0.05) is 52.7 Å². The van der Waals surface area contributed by atoms with E-state index < -0.39 is 0 Å². The zero-order valence-corrected chi connectivity index (χ0v) is 12.6. The standard InChI is InChI=1S/C15H21BrO/c1-9-5-7-13(8-6-9)15(16)14-10(2)11(3)17-12(14)4/h5-8,10-12,14-15H,1-4H3. The Balaban J connectivity index is 2.19. The average molecular weight is 297 g/mol. The highest BCUT2D eigenvalue weighted by Crippen LogP contribution is 2.44. The Labute approximate surface area is 113 Å². The highest BCUT2D eigenvalue weighted by molar-refractivity contribution is 9.09. The van der Waals surface area contributed by atoms with Crippen LogP contribution in [0.4, 0.5) is 0 Å². The van der Waals surface area contributed by atoms with Gasteiger partial charge in [0.05, 0.1) is 12.2 Å². The van der Waals surface area contributed by atoms with E-state index in [2.05, 4.69) is 67.9 Å². The maximum atomic E-state index is 5.92. The van der Waals surface area contributed by atoms with E-state index in [-0.39, 0.29) is 0 Å². The highest BCUT2D eigenvalue weighted by atomic mass is 79.9. The number of halogens is 1. The molecule has 1 aliphatic heterocycles. The van der Waals surface area contributed by atoms with Gasteiger partial charge in [-0.15, -0.1) is 0 Å². The summed E-state index contributed by atoms with van der Waals surface area (Å²) in [6, 6.07) is 8.80. The third-order valence-corrected chi connectivity index (χ3v) is 5.19. The van der Waals surface area contributed by atoms with E-state index >= 15 is 0 Å². The van der Waals surface area contributed by atoms with Crippen molar-refractivity contribution in [2.45, 2.75) is 44.7 Å². The predicted octanol–water partition coefficient (Wildman–Crippen LogP) is 4.49. The number of aryl methyl sites for hydroxylation is 1. The Hall–Kier alpha value is -0.340. The van der Waals surface area contributed by atoms with Gasteiger partial charge in [0.25, 0.3) is 0 Å². The second kappa shape index (κ2) is 5.11. The minimum Gasteiger partial charge on any atom is -0.375 e. The summed E-state index contributed by atoms with van der Waals surface area (Å²) in [5.74, 6) is 1.14. The molecule has 2 heteroatoms. The molecule has 0 N–H and O–H groups in total. The first-order valence-electron chi connectivity index (χ1n) is 6.37. The van der Waals surface area contributed by atoms with Crippen LogP contribution in [0.25, 0.3) is 0 Å². The monoisotopic (exact) mass is 296 g/mol. The SMILES string of the molecule is Cc1ccc(C(Br)C2C(C)OC(C)C2C)cc1. The van der Waals surface area contributed by atoms with Crippen molar-refractivity contribution in [3.8, 4) is 0 Å². The lowest BCUT2D eigenvalue weighted by atomic mass is 9.84. The predicted molar refractivity (Wildman–Crippen MR) is 75.5 cm³/mol. The van der Waals surface area contributed by atoms with Gasteiger partial charge in [-0.2, -0.15) is 0 Å². The van der Waals surface area contributed by atoms with Gasteiger partial charge >= 0.3 is 0 Å². The topological polar surface area (TPSA) is 9.23 Å². The summed E-state index contributed by atoms with van der Waals surface area (Å²) in [7, 11) is 0. The van der Waals surface area contributed by atoms with Crippen LogP contribution in [-0.4, -0.2) is 12.2 Å². The van der Waals surface area contributed by atoms with Crippen molar-refractivity contribution in [2.75, 3.05) is 0 Å². The van der Waals surface area contributed by atoms with E-state index in [0.717, 1.165) is 0 Å². The van der Waals surface area contributed by atoms with Crippen molar-refractivity contribution in [3.05, 3.63) is 35.4 Å². The van der Waals surface area contributed by atoms with Crippen LogP contribution >= 0.6 is 15.9 Å². The fourth-order valence-corrected chi connectivity index (χ4v) is 3.99. The number of ether oxygens (including phenoxy) is 1. The molecule has 0 saturated carbocycles. The molecule has 0 bridgehead atoms. The van der Waals surface area contributed by atoms with Gasteiger partial charge < -0.3 is 4.74 Å². The highest BCUT2D eigenvalue weighted by Gasteiger charge is 2.41. The molecule has 2 rings (SSSR count). The lowest BCUT2D eigenvalue weighted by Gasteiger charge is -2.24. The third-order valence-electron chi connectivity index (χ3n) is 4.05. The van der Waals surface area contributed by atoms with E-state index in [1.807, 2.05) is 0 Å². The maximum absolute atomic E-state index is 5.92. The Morgan fingerprint density at radius 2 is 1.65 bits per heavy atom. The minimum atomic E-state index is 0.325. The molecular weight excluding hydrogens is 276 g/mol. The van der Waals surface area contributed by atoms with Crippen LogP contribution in [0.15, 0.2) is 24.3 Å². The van der Waals surface area contributed by atoms with Crippen molar-refractivity contribution in [3.63, 3.8) is 0 Å². The molecular formula is C15H21BrO. The van der Waals surface area contributed by atoms with Crippen LogP contribution in [0, 0.1) is 18.8 Å². The van der Waals surface area contributed by atoms with Crippen LogP contribution in [0.3, 0.4) is 0 Å². The fraction of sp³-hybridized carbons (Fsp3) is 0.600. The summed E-state index contributed by atoms with van der Waals surface area (Å²) < 4.78 is 5.92. The third kappa shape index (κ3) is 2.58. The van der Waals surface area contributed by atoms with E-state index in [0.29, 0.717) is 28.9 Å². The largest absolute Gasteiger partial charge is 0.375 e. The molecule has 0 amide bonds. The Bertz CT molecular complexity index is 373. The van der Waals surface area contributed by atoms with Crippen molar-refractivity contribution >= 4 is 15.9 Å². The molecule has 0 aliphatic carbocycles. The van der Waals surface area contributed by atoms with Crippen LogP contribution < -0.4 is 0 Å². The Morgan fingerprint density at radius 3 is 2.12 bits per heavy atom. The first kappa shape index (κ1) is 13.1. The molecule has 1 fully saturated rings. The van der Waals surface area contributed by atoms with Crippen LogP contribution in [0.2, 0.25) is 0 Å². The summed E-state index contributed by atoms with van der Waals surface area (Å²) in [6.45, 7) is 8.78. The fourth-order valence-electron chi connectivity index (χ4n) is 2.77. The summed E-state index contributed by atoms with van der Waals surface area (Å²) in [6.07, 6.45) is 0.686. The van der Waals surface area contributed by atoms with E-state index in [9.17, 15) is 0 Å². The summed E-state index contributed by atoms with van der Waals surface area (Å²) >= 11 is 3.87. The molecule has 0 aromatic heterocycles. The van der Waals surface area contributed by atoms with Crippen molar-refractivity contribution in [1.82, 2.24) is 0 Å². The molecule has 5 atom stereocenters. The molecule has 5 unspecified atom stereocenters. The first-order valence-corrected chi connectivity index (χ1v) is 7.28. The lowest BCUT2D eigenvalue weighted by molar-refractivity contribution is 0.0511. The molecule has 94 valence electrons.